The third-order valence-corrected chi connectivity index (χ3v) is 6.31. The van der Waals surface area contributed by atoms with Crippen LogP contribution >= 0.6 is 11.3 Å². The molecule has 3 aromatic rings. The van der Waals surface area contributed by atoms with Crippen molar-refractivity contribution >= 4 is 28.6 Å². The standard InChI is InChI=1S/C26H28N4O3S/c1-4-30(5-2)14-15-33-26(31)20-6-10-22(11-7-20)28-17-21(16-27)25-29-24(18-34-25)19-8-12-23(32-3)13-9-19/h6-13,17-18,28H,4-5,14-15H2,1-3H3/p+1/b21-17-. The van der Waals surface area contributed by atoms with Crippen LogP contribution in [0, 0.1) is 11.3 Å². The summed E-state index contributed by atoms with van der Waals surface area (Å²) in [4.78, 5) is 18.2. The fourth-order valence-electron chi connectivity index (χ4n) is 3.27. The number of thiazole rings is 1. The number of allylic oxidation sites excluding steroid dienone is 1. The predicted molar refractivity (Wildman–Crippen MR) is 135 cm³/mol. The number of hydrogen-bond acceptors (Lipinski definition) is 7. The van der Waals surface area contributed by atoms with Gasteiger partial charge in [-0.15, -0.1) is 11.3 Å². The van der Waals surface area contributed by atoms with Crippen molar-refractivity contribution in [2.75, 3.05) is 38.7 Å². The van der Waals surface area contributed by atoms with Crippen LogP contribution in [0.4, 0.5) is 5.69 Å². The Bertz CT molecular complexity index is 1140. The van der Waals surface area contributed by atoms with Crippen LogP contribution in [0.25, 0.3) is 16.8 Å². The van der Waals surface area contributed by atoms with Crippen LogP contribution in [0.2, 0.25) is 0 Å². The van der Waals surface area contributed by atoms with Gasteiger partial charge in [-0.2, -0.15) is 5.26 Å². The van der Waals surface area contributed by atoms with Crippen molar-refractivity contribution in [2.45, 2.75) is 13.8 Å². The van der Waals surface area contributed by atoms with Gasteiger partial charge in [0.2, 0.25) is 0 Å². The quantitative estimate of drug-likeness (QED) is 0.322. The number of carbonyl (C=O) groups excluding carboxylic acids is 1. The molecular formula is C26H29N4O3S+. The highest BCUT2D eigenvalue weighted by Gasteiger charge is 2.11. The Kier molecular flexibility index (Phi) is 9.21. The Labute approximate surface area is 204 Å². The van der Waals surface area contributed by atoms with Crippen LogP contribution in [-0.2, 0) is 4.74 Å². The van der Waals surface area contributed by atoms with Crippen molar-refractivity contribution in [1.82, 2.24) is 4.98 Å². The monoisotopic (exact) mass is 477 g/mol. The molecule has 0 saturated carbocycles. The van der Waals surface area contributed by atoms with Crippen LogP contribution in [0.3, 0.4) is 0 Å². The summed E-state index contributed by atoms with van der Waals surface area (Å²) < 4.78 is 10.6. The van der Waals surface area contributed by atoms with Gasteiger partial charge in [0.15, 0.2) is 0 Å². The molecule has 2 N–H and O–H groups in total. The molecule has 7 nitrogen and oxygen atoms in total. The number of anilines is 1. The molecule has 0 spiro atoms. The van der Waals surface area contributed by atoms with E-state index >= 15 is 0 Å². The van der Waals surface area contributed by atoms with Gasteiger partial charge in [0.1, 0.15) is 35.6 Å². The summed E-state index contributed by atoms with van der Waals surface area (Å²) >= 11 is 1.41. The topological polar surface area (TPSA) is 88.7 Å². The number of benzene rings is 2. The maximum Gasteiger partial charge on any atom is 0.338 e. The van der Waals surface area contributed by atoms with Crippen molar-refractivity contribution in [3.63, 3.8) is 0 Å². The molecule has 2 aromatic carbocycles. The SMILES string of the molecule is CC[NH+](CC)CCOC(=O)c1ccc(N/C=C(/C#N)c2nc(-c3ccc(OC)cc3)cs2)cc1. The third-order valence-electron chi connectivity index (χ3n) is 5.43. The molecule has 0 bridgehead atoms. The number of nitrogens with zero attached hydrogens (tertiary/aromatic N) is 2. The second-order valence-electron chi connectivity index (χ2n) is 7.50. The maximum atomic E-state index is 12.2. The first-order chi connectivity index (χ1) is 16.6. The van der Waals surface area contributed by atoms with E-state index in [0.717, 1.165) is 42.3 Å². The summed E-state index contributed by atoms with van der Waals surface area (Å²) in [6.07, 6.45) is 1.62. The second-order valence-corrected chi connectivity index (χ2v) is 8.36. The van der Waals surface area contributed by atoms with Gasteiger partial charge in [-0.3, -0.25) is 0 Å². The van der Waals surface area contributed by atoms with E-state index in [1.54, 1.807) is 37.6 Å². The lowest BCUT2D eigenvalue weighted by Crippen LogP contribution is -3.11. The summed E-state index contributed by atoms with van der Waals surface area (Å²) in [5.74, 6) is 0.445. The highest BCUT2D eigenvalue weighted by Crippen LogP contribution is 2.27. The van der Waals surface area contributed by atoms with Gasteiger partial charge in [0, 0.05) is 22.8 Å². The Hall–Kier alpha value is -3.67. The summed E-state index contributed by atoms with van der Waals surface area (Å²) in [7, 11) is 1.63. The Morgan fingerprint density at radius 1 is 1.15 bits per heavy atom. The average Bonchev–Trinajstić information content (AvgIpc) is 3.37. The van der Waals surface area contributed by atoms with Crippen molar-refractivity contribution < 1.29 is 19.2 Å². The fourth-order valence-corrected chi connectivity index (χ4v) is 4.06. The molecule has 34 heavy (non-hydrogen) atoms. The largest absolute Gasteiger partial charge is 0.497 e. The first-order valence-corrected chi connectivity index (χ1v) is 12.0. The number of nitrogens with one attached hydrogen (secondary N) is 2. The Balaban J connectivity index is 1.60. The van der Waals surface area contributed by atoms with Crippen molar-refractivity contribution in [3.05, 3.63) is 70.7 Å². The van der Waals surface area contributed by atoms with Gasteiger partial charge >= 0.3 is 5.97 Å². The number of hydrogen-bond donors (Lipinski definition) is 2. The zero-order chi connectivity index (χ0) is 24.3. The predicted octanol–water partition coefficient (Wildman–Crippen LogP) is 3.88. The van der Waals surface area contributed by atoms with E-state index in [1.165, 1.54) is 16.2 Å². The molecule has 0 aliphatic carbocycles. The smallest absolute Gasteiger partial charge is 0.338 e. The number of quaternary nitrogens is 1. The van der Waals surface area contributed by atoms with E-state index in [-0.39, 0.29) is 5.97 Å². The van der Waals surface area contributed by atoms with Crippen LogP contribution < -0.4 is 15.0 Å². The number of aromatic nitrogens is 1. The first-order valence-electron chi connectivity index (χ1n) is 11.2. The summed E-state index contributed by atoms with van der Waals surface area (Å²) in [5.41, 5.74) is 3.42. The highest BCUT2D eigenvalue weighted by atomic mass is 32.1. The molecule has 0 atom stereocenters. The second kappa shape index (κ2) is 12.5. The van der Waals surface area contributed by atoms with Gasteiger partial charge in [-0.25, -0.2) is 9.78 Å². The van der Waals surface area contributed by atoms with E-state index in [2.05, 4.69) is 30.2 Å². The van der Waals surface area contributed by atoms with E-state index < -0.39 is 0 Å². The zero-order valence-corrected chi connectivity index (χ0v) is 20.4. The van der Waals surface area contributed by atoms with E-state index in [0.29, 0.717) is 22.8 Å². The number of likely N-dealkylation sites (N-methyl/N-ethyl adjacent to an activating group) is 1. The minimum atomic E-state index is -0.333. The number of ether oxygens (including phenoxy) is 2. The molecular weight excluding hydrogens is 448 g/mol. The Morgan fingerprint density at radius 3 is 2.47 bits per heavy atom. The third kappa shape index (κ3) is 6.67. The van der Waals surface area contributed by atoms with Gasteiger partial charge in [0.25, 0.3) is 0 Å². The summed E-state index contributed by atoms with van der Waals surface area (Å²) in [6.45, 7) is 7.46. The summed E-state index contributed by atoms with van der Waals surface area (Å²) in [5, 5.41) is 15.3. The molecule has 0 radical (unpaired) electrons. The van der Waals surface area contributed by atoms with Gasteiger partial charge in [-0.1, -0.05) is 0 Å². The number of methoxy groups -OCH3 is 1. The normalized spacial score (nSPS) is 11.2. The maximum absolute atomic E-state index is 12.2. The van der Waals surface area contributed by atoms with Crippen molar-refractivity contribution in [3.8, 4) is 23.1 Å². The average molecular weight is 478 g/mol. The zero-order valence-electron chi connectivity index (χ0n) is 19.6. The van der Waals surface area contributed by atoms with Crippen molar-refractivity contribution in [2.24, 2.45) is 0 Å². The number of rotatable bonds is 11. The number of carbonyl (C=O) groups is 1. The molecule has 3 rings (SSSR count). The minimum Gasteiger partial charge on any atom is -0.497 e. The molecule has 1 aromatic heterocycles. The molecule has 1 heterocycles. The lowest BCUT2D eigenvalue weighted by atomic mass is 10.2. The molecule has 0 fully saturated rings. The lowest BCUT2D eigenvalue weighted by Gasteiger charge is -2.15. The lowest BCUT2D eigenvalue weighted by molar-refractivity contribution is -0.896. The molecule has 0 saturated heterocycles. The molecule has 0 aliphatic rings. The van der Waals surface area contributed by atoms with Crippen LogP contribution in [0.1, 0.15) is 29.2 Å². The Morgan fingerprint density at radius 2 is 1.85 bits per heavy atom. The highest BCUT2D eigenvalue weighted by molar-refractivity contribution is 7.11. The van der Waals surface area contributed by atoms with Crippen LogP contribution in [0.15, 0.2) is 60.1 Å². The fraction of sp³-hybridized carbons (Fsp3) is 0.269. The van der Waals surface area contributed by atoms with Gasteiger partial charge in [-0.05, 0) is 62.4 Å². The van der Waals surface area contributed by atoms with Crippen LogP contribution in [0.5, 0.6) is 5.75 Å². The molecule has 0 unspecified atom stereocenters. The summed E-state index contributed by atoms with van der Waals surface area (Å²) in [6, 6.07) is 16.8. The van der Waals surface area contributed by atoms with E-state index in [1.807, 2.05) is 29.6 Å². The minimum absolute atomic E-state index is 0.333. The first kappa shape index (κ1) is 25.0. The van der Waals surface area contributed by atoms with Gasteiger partial charge in [0.05, 0.1) is 31.5 Å². The number of esters is 1. The van der Waals surface area contributed by atoms with Crippen molar-refractivity contribution in [1.29, 1.82) is 5.26 Å². The van der Waals surface area contributed by atoms with Crippen LogP contribution in [-0.4, -0.2) is 44.3 Å². The van der Waals surface area contributed by atoms with E-state index in [4.69, 9.17) is 9.47 Å². The molecule has 176 valence electrons. The number of nitriles is 1. The van der Waals surface area contributed by atoms with Gasteiger partial charge < -0.3 is 19.7 Å². The molecule has 0 amide bonds. The van der Waals surface area contributed by atoms with E-state index in [9.17, 15) is 10.1 Å². The molecule has 0 aliphatic heterocycles. The molecule has 8 heteroatoms.